The summed E-state index contributed by atoms with van der Waals surface area (Å²) in [6.07, 6.45) is 2.59. The molecular formula is C14H21FN2. The molecule has 1 saturated carbocycles. The molecule has 2 rings (SSSR count). The topological polar surface area (TPSA) is 15.3 Å². The molecule has 1 unspecified atom stereocenters. The van der Waals surface area contributed by atoms with E-state index in [0.717, 1.165) is 12.1 Å². The van der Waals surface area contributed by atoms with Gasteiger partial charge in [0, 0.05) is 18.6 Å². The molecule has 3 heteroatoms. The Hall–Kier alpha value is -0.930. The van der Waals surface area contributed by atoms with Gasteiger partial charge in [-0.3, -0.25) is 0 Å². The molecule has 0 radical (unpaired) electrons. The second-order valence-electron chi connectivity index (χ2n) is 5.17. The molecule has 1 fully saturated rings. The number of likely N-dealkylation sites (N-methyl/N-ethyl adjacent to an activating group) is 1. The van der Waals surface area contributed by atoms with Gasteiger partial charge in [-0.2, -0.15) is 0 Å². The lowest BCUT2D eigenvalue weighted by atomic mass is 10.0. The molecule has 0 saturated heterocycles. The summed E-state index contributed by atoms with van der Waals surface area (Å²) < 4.78 is 13.3. The number of hydrogen-bond acceptors (Lipinski definition) is 2. The molecule has 94 valence electrons. The number of halogens is 1. The van der Waals surface area contributed by atoms with Crippen LogP contribution in [-0.2, 0) is 0 Å². The summed E-state index contributed by atoms with van der Waals surface area (Å²) >= 11 is 0. The third-order valence-corrected chi connectivity index (χ3v) is 3.37. The summed E-state index contributed by atoms with van der Waals surface area (Å²) in [6.45, 7) is 2.75. The van der Waals surface area contributed by atoms with E-state index in [4.69, 9.17) is 0 Å². The van der Waals surface area contributed by atoms with Gasteiger partial charge in [-0.25, -0.2) is 4.39 Å². The van der Waals surface area contributed by atoms with Gasteiger partial charge in [0.15, 0.2) is 0 Å². The molecule has 1 aromatic rings. The first-order valence-corrected chi connectivity index (χ1v) is 6.24. The van der Waals surface area contributed by atoms with Crippen LogP contribution in [0.3, 0.4) is 0 Å². The second kappa shape index (κ2) is 5.15. The van der Waals surface area contributed by atoms with E-state index in [-0.39, 0.29) is 5.82 Å². The number of aryl methyl sites for hydroxylation is 1. The van der Waals surface area contributed by atoms with E-state index in [9.17, 15) is 4.39 Å². The molecule has 1 aliphatic carbocycles. The highest BCUT2D eigenvalue weighted by Crippen LogP contribution is 2.23. The number of nitrogens with one attached hydrogen (secondary N) is 1. The molecule has 0 aromatic heterocycles. The molecule has 1 atom stereocenters. The molecule has 1 aromatic carbocycles. The summed E-state index contributed by atoms with van der Waals surface area (Å²) in [5.41, 5.74) is 1.91. The van der Waals surface area contributed by atoms with Crippen molar-refractivity contribution in [1.29, 1.82) is 0 Å². The minimum absolute atomic E-state index is 0.124. The summed E-state index contributed by atoms with van der Waals surface area (Å²) in [5.74, 6) is -0.124. The summed E-state index contributed by atoms with van der Waals surface area (Å²) in [4.78, 5) is 2.18. The van der Waals surface area contributed by atoms with Crippen molar-refractivity contribution in [2.24, 2.45) is 0 Å². The maximum atomic E-state index is 13.3. The molecule has 1 N–H and O–H groups in total. The molecule has 0 heterocycles. The van der Waals surface area contributed by atoms with E-state index in [1.807, 2.05) is 19.1 Å². The van der Waals surface area contributed by atoms with Crippen molar-refractivity contribution >= 4 is 0 Å². The molecule has 0 spiro atoms. The third kappa shape index (κ3) is 3.27. The minimum atomic E-state index is -0.124. The van der Waals surface area contributed by atoms with Gasteiger partial charge in [0.25, 0.3) is 0 Å². The van der Waals surface area contributed by atoms with Gasteiger partial charge < -0.3 is 10.2 Å². The Kier molecular flexibility index (Phi) is 3.79. The van der Waals surface area contributed by atoms with Crippen LogP contribution >= 0.6 is 0 Å². The Balaban J connectivity index is 2.09. The van der Waals surface area contributed by atoms with E-state index in [1.54, 1.807) is 6.07 Å². The number of nitrogens with zero attached hydrogens (tertiary/aromatic N) is 1. The maximum Gasteiger partial charge on any atom is 0.126 e. The number of hydrogen-bond donors (Lipinski definition) is 1. The molecule has 0 amide bonds. The molecule has 17 heavy (non-hydrogen) atoms. The zero-order valence-electron chi connectivity index (χ0n) is 10.8. The van der Waals surface area contributed by atoms with Crippen LogP contribution in [0.1, 0.15) is 30.0 Å². The number of rotatable bonds is 5. The molecule has 2 nitrogen and oxygen atoms in total. The summed E-state index contributed by atoms with van der Waals surface area (Å²) in [6, 6.07) is 6.43. The Bertz CT molecular complexity index is 386. The van der Waals surface area contributed by atoms with Gasteiger partial charge in [-0.15, -0.1) is 0 Å². The van der Waals surface area contributed by atoms with Gasteiger partial charge >= 0.3 is 0 Å². The van der Waals surface area contributed by atoms with Gasteiger partial charge in [0.05, 0.1) is 0 Å². The van der Waals surface area contributed by atoms with Crippen LogP contribution in [0.15, 0.2) is 18.2 Å². The van der Waals surface area contributed by atoms with Crippen molar-refractivity contribution in [3.8, 4) is 0 Å². The van der Waals surface area contributed by atoms with Crippen LogP contribution in [0.25, 0.3) is 0 Å². The lowest BCUT2D eigenvalue weighted by Crippen LogP contribution is -2.32. The first-order valence-electron chi connectivity index (χ1n) is 6.24. The van der Waals surface area contributed by atoms with Crippen molar-refractivity contribution in [3.05, 3.63) is 35.1 Å². The van der Waals surface area contributed by atoms with Gasteiger partial charge in [0.2, 0.25) is 0 Å². The SMILES string of the molecule is Cc1cc(C(CNC2CC2)N(C)C)ccc1F. The van der Waals surface area contributed by atoms with Crippen LogP contribution < -0.4 is 5.32 Å². The molecule has 0 bridgehead atoms. The maximum absolute atomic E-state index is 13.3. The first kappa shape index (κ1) is 12.5. The van der Waals surface area contributed by atoms with Crippen molar-refractivity contribution < 1.29 is 4.39 Å². The quantitative estimate of drug-likeness (QED) is 0.845. The lowest BCUT2D eigenvalue weighted by molar-refractivity contribution is 0.288. The Morgan fingerprint density at radius 2 is 2.12 bits per heavy atom. The standard InChI is InChI=1S/C14H21FN2/c1-10-8-11(4-7-13(10)15)14(17(2)3)9-16-12-5-6-12/h4,7-8,12,14,16H,5-6,9H2,1-3H3. The molecular weight excluding hydrogens is 215 g/mol. The highest BCUT2D eigenvalue weighted by atomic mass is 19.1. The van der Waals surface area contributed by atoms with E-state index >= 15 is 0 Å². The van der Waals surface area contributed by atoms with E-state index in [0.29, 0.717) is 12.1 Å². The van der Waals surface area contributed by atoms with Crippen LogP contribution in [0.5, 0.6) is 0 Å². The van der Waals surface area contributed by atoms with Gasteiger partial charge in [-0.1, -0.05) is 12.1 Å². The predicted octanol–water partition coefficient (Wildman–Crippen LogP) is 2.49. The average molecular weight is 236 g/mol. The monoisotopic (exact) mass is 236 g/mol. The molecule has 1 aliphatic rings. The lowest BCUT2D eigenvalue weighted by Gasteiger charge is -2.25. The van der Waals surface area contributed by atoms with E-state index in [2.05, 4.69) is 24.3 Å². The van der Waals surface area contributed by atoms with Crippen molar-refractivity contribution in [2.75, 3.05) is 20.6 Å². The second-order valence-corrected chi connectivity index (χ2v) is 5.17. The Morgan fingerprint density at radius 3 is 2.65 bits per heavy atom. The predicted molar refractivity (Wildman–Crippen MR) is 68.6 cm³/mol. The Morgan fingerprint density at radius 1 is 1.41 bits per heavy atom. The zero-order valence-corrected chi connectivity index (χ0v) is 10.8. The van der Waals surface area contributed by atoms with Crippen LogP contribution in [0.4, 0.5) is 4.39 Å². The van der Waals surface area contributed by atoms with Crippen LogP contribution in [-0.4, -0.2) is 31.6 Å². The van der Waals surface area contributed by atoms with E-state index in [1.165, 1.54) is 18.4 Å². The fourth-order valence-corrected chi connectivity index (χ4v) is 2.04. The average Bonchev–Trinajstić information content (AvgIpc) is 3.07. The zero-order chi connectivity index (χ0) is 12.4. The van der Waals surface area contributed by atoms with Gasteiger partial charge in [-0.05, 0) is 51.1 Å². The fourth-order valence-electron chi connectivity index (χ4n) is 2.04. The summed E-state index contributed by atoms with van der Waals surface area (Å²) in [7, 11) is 4.13. The normalized spacial score (nSPS) is 17.5. The van der Waals surface area contributed by atoms with Crippen molar-refractivity contribution in [2.45, 2.75) is 31.8 Å². The largest absolute Gasteiger partial charge is 0.312 e. The summed E-state index contributed by atoms with van der Waals surface area (Å²) in [5, 5.41) is 3.54. The Labute approximate surface area is 103 Å². The van der Waals surface area contributed by atoms with E-state index < -0.39 is 0 Å². The smallest absolute Gasteiger partial charge is 0.126 e. The van der Waals surface area contributed by atoms with Crippen molar-refractivity contribution in [3.63, 3.8) is 0 Å². The highest BCUT2D eigenvalue weighted by Gasteiger charge is 2.23. The highest BCUT2D eigenvalue weighted by molar-refractivity contribution is 5.26. The third-order valence-electron chi connectivity index (χ3n) is 3.37. The molecule has 0 aliphatic heterocycles. The van der Waals surface area contributed by atoms with Crippen LogP contribution in [0, 0.1) is 12.7 Å². The fraction of sp³-hybridized carbons (Fsp3) is 0.571. The van der Waals surface area contributed by atoms with Gasteiger partial charge in [0.1, 0.15) is 5.82 Å². The van der Waals surface area contributed by atoms with Crippen LogP contribution in [0.2, 0.25) is 0 Å². The first-order chi connectivity index (χ1) is 8.08. The van der Waals surface area contributed by atoms with Crippen molar-refractivity contribution in [1.82, 2.24) is 10.2 Å². The number of benzene rings is 1. The minimum Gasteiger partial charge on any atom is -0.312 e.